The lowest BCUT2D eigenvalue weighted by Crippen LogP contribution is -2.34. The number of carboxylic acid groups (broad SMARTS) is 1. The summed E-state index contributed by atoms with van der Waals surface area (Å²) < 4.78 is 21.6. The van der Waals surface area contributed by atoms with Gasteiger partial charge in [0.15, 0.2) is 0 Å². The van der Waals surface area contributed by atoms with Crippen molar-refractivity contribution in [1.82, 2.24) is 9.88 Å². The Morgan fingerprint density at radius 2 is 2.04 bits per heavy atom. The number of carbonyl (C=O) groups is 1. The number of nitrogens with zero attached hydrogens (tertiary/aromatic N) is 1. The summed E-state index contributed by atoms with van der Waals surface area (Å²) in [5, 5.41) is 13.4. The van der Waals surface area contributed by atoms with Crippen LogP contribution in [-0.2, 0) is 4.74 Å². The Labute approximate surface area is 153 Å². The molecule has 0 aliphatic carbocycles. The minimum Gasteiger partial charge on any atom is -0.477 e. The number of aromatic carboxylic acids is 1. The van der Waals surface area contributed by atoms with Crippen molar-refractivity contribution in [3.63, 3.8) is 0 Å². The van der Waals surface area contributed by atoms with Crippen molar-refractivity contribution in [3.05, 3.63) is 64.6 Å². The Kier molecular flexibility index (Phi) is 4.40. The van der Waals surface area contributed by atoms with E-state index in [2.05, 4.69) is 5.32 Å². The van der Waals surface area contributed by atoms with Crippen LogP contribution < -0.4 is 5.32 Å². The maximum atomic E-state index is 14.2. The third-order valence-electron chi connectivity index (χ3n) is 4.53. The molecule has 1 unspecified atom stereocenters. The summed E-state index contributed by atoms with van der Waals surface area (Å²) in [4.78, 5) is 12.2. The van der Waals surface area contributed by atoms with Crippen LogP contribution in [0, 0.1) is 5.82 Å². The summed E-state index contributed by atoms with van der Waals surface area (Å²) in [5.74, 6) is -1.71. The predicted octanol–water partition coefficient (Wildman–Crippen LogP) is 3.78. The number of halogens is 2. The molecule has 2 aromatic carbocycles. The molecule has 5 nitrogen and oxygen atoms in total. The maximum absolute atomic E-state index is 14.2. The van der Waals surface area contributed by atoms with E-state index in [1.54, 1.807) is 22.8 Å². The quantitative estimate of drug-likeness (QED) is 0.732. The zero-order chi connectivity index (χ0) is 18.3. The van der Waals surface area contributed by atoms with Crippen LogP contribution in [-0.4, -0.2) is 35.3 Å². The number of morpholine rings is 1. The highest BCUT2D eigenvalue weighted by atomic mass is 35.5. The fourth-order valence-electron chi connectivity index (χ4n) is 3.46. The van der Waals surface area contributed by atoms with Crippen LogP contribution in [0.4, 0.5) is 4.39 Å². The fourth-order valence-corrected chi connectivity index (χ4v) is 3.72. The first-order valence-corrected chi connectivity index (χ1v) is 8.60. The number of fused-ring (bicyclic) bond motifs is 1. The molecule has 4 rings (SSSR count). The second-order valence-corrected chi connectivity index (χ2v) is 6.44. The number of benzene rings is 2. The molecule has 0 saturated carbocycles. The summed E-state index contributed by atoms with van der Waals surface area (Å²) in [6.45, 7) is 1.55. The number of aromatic nitrogens is 1. The Balaban J connectivity index is 2.12. The molecule has 134 valence electrons. The minimum absolute atomic E-state index is 0.0346. The summed E-state index contributed by atoms with van der Waals surface area (Å²) in [5.41, 5.74) is 1.62. The van der Waals surface area contributed by atoms with Crippen molar-refractivity contribution in [3.8, 4) is 5.69 Å². The largest absolute Gasteiger partial charge is 0.477 e. The van der Waals surface area contributed by atoms with Crippen LogP contribution in [0.2, 0.25) is 5.02 Å². The van der Waals surface area contributed by atoms with E-state index >= 15 is 0 Å². The Bertz CT molecular complexity index is 982. The molecule has 0 amide bonds. The van der Waals surface area contributed by atoms with Gasteiger partial charge >= 0.3 is 5.97 Å². The minimum atomic E-state index is -1.12. The van der Waals surface area contributed by atoms with Crippen molar-refractivity contribution >= 4 is 28.5 Å². The molecule has 2 heterocycles. The Morgan fingerprint density at radius 3 is 2.69 bits per heavy atom. The van der Waals surface area contributed by atoms with Gasteiger partial charge < -0.3 is 19.7 Å². The third-order valence-corrected chi connectivity index (χ3v) is 4.90. The zero-order valence-corrected chi connectivity index (χ0v) is 14.5. The lowest BCUT2D eigenvalue weighted by Gasteiger charge is -2.24. The number of hydrogen-bond acceptors (Lipinski definition) is 3. The maximum Gasteiger partial charge on any atom is 0.353 e. The van der Waals surface area contributed by atoms with Gasteiger partial charge in [-0.3, -0.25) is 0 Å². The molecular weight excluding hydrogens is 359 g/mol. The van der Waals surface area contributed by atoms with Gasteiger partial charge in [-0.2, -0.15) is 0 Å². The molecule has 0 radical (unpaired) electrons. The number of nitrogens with one attached hydrogen (secondary N) is 1. The summed E-state index contributed by atoms with van der Waals surface area (Å²) in [6, 6.07) is 11.9. The molecular formula is C19H16ClFN2O3. The Hall–Kier alpha value is -2.41. The van der Waals surface area contributed by atoms with E-state index in [0.29, 0.717) is 41.9 Å². The lowest BCUT2D eigenvalue weighted by molar-refractivity contribution is 0.0271. The van der Waals surface area contributed by atoms with E-state index in [1.807, 2.05) is 18.2 Å². The summed E-state index contributed by atoms with van der Waals surface area (Å²) in [7, 11) is 0. The molecule has 1 atom stereocenters. The SMILES string of the molecule is O=C(O)c1c(C2CNCCO2)c2c(Cl)c(F)ccc2n1-c1ccccc1. The van der Waals surface area contributed by atoms with Gasteiger partial charge in [-0.15, -0.1) is 0 Å². The standard InChI is InChI=1S/C19H16ClFN2O3/c20-17-12(21)6-7-13-15(17)16(14-10-22-8-9-26-14)18(19(24)25)23(13)11-4-2-1-3-5-11/h1-7,14,22H,8-10H2,(H,24,25). The van der Waals surface area contributed by atoms with Crippen LogP contribution in [0.1, 0.15) is 22.2 Å². The van der Waals surface area contributed by atoms with Gasteiger partial charge in [-0.25, -0.2) is 9.18 Å². The van der Waals surface area contributed by atoms with Gasteiger partial charge in [-0.05, 0) is 24.3 Å². The second kappa shape index (κ2) is 6.72. The van der Waals surface area contributed by atoms with Gasteiger partial charge in [0.2, 0.25) is 0 Å². The second-order valence-electron chi connectivity index (χ2n) is 6.06. The van der Waals surface area contributed by atoms with Crippen molar-refractivity contribution in [2.24, 2.45) is 0 Å². The molecule has 1 fully saturated rings. The first kappa shape index (κ1) is 17.0. The van der Waals surface area contributed by atoms with Crippen molar-refractivity contribution in [2.45, 2.75) is 6.10 Å². The molecule has 1 aliphatic heterocycles. The van der Waals surface area contributed by atoms with Gasteiger partial charge in [0, 0.05) is 29.7 Å². The predicted molar refractivity (Wildman–Crippen MR) is 96.8 cm³/mol. The van der Waals surface area contributed by atoms with E-state index in [9.17, 15) is 14.3 Å². The molecule has 1 aliphatic rings. The molecule has 2 N–H and O–H groups in total. The van der Waals surface area contributed by atoms with E-state index in [-0.39, 0.29) is 10.7 Å². The van der Waals surface area contributed by atoms with Crippen LogP contribution in [0.25, 0.3) is 16.6 Å². The van der Waals surface area contributed by atoms with Crippen LogP contribution in [0.5, 0.6) is 0 Å². The highest BCUT2D eigenvalue weighted by molar-refractivity contribution is 6.36. The third kappa shape index (κ3) is 2.67. The average molecular weight is 375 g/mol. The van der Waals surface area contributed by atoms with E-state index in [4.69, 9.17) is 16.3 Å². The highest BCUT2D eigenvalue weighted by Gasteiger charge is 2.32. The molecule has 0 spiro atoms. The van der Waals surface area contributed by atoms with Gasteiger partial charge in [0.1, 0.15) is 11.5 Å². The molecule has 3 aromatic rings. The van der Waals surface area contributed by atoms with Crippen LogP contribution >= 0.6 is 11.6 Å². The molecule has 1 saturated heterocycles. The first-order valence-electron chi connectivity index (χ1n) is 8.23. The number of carboxylic acids is 1. The molecule has 7 heteroatoms. The molecule has 0 bridgehead atoms. The smallest absolute Gasteiger partial charge is 0.353 e. The monoisotopic (exact) mass is 374 g/mol. The van der Waals surface area contributed by atoms with Crippen molar-refractivity contribution in [2.75, 3.05) is 19.7 Å². The number of rotatable bonds is 3. The van der Waals surface area contributed by atoms with Gasteiger partial charge in [0.25, 0.3) is 0 Å². The Morgan fingerprint density at radius 1 is 1.27 bits per heavy atom. The number of para-hydroxylation sites is 1. The first-order chi connectivity index (χ1) is 12.6. The molecule has 1 aromatic heterocycles. The lowest BCUT2D eigenvalue weighted by atomic mass is 10.0. The van der Waals surface area contributed by atoms with E-state index < -0.39 is 17.9 Å². The normalized spacial score (nSPS) is 17.5. The fraction of sp³-hybridized carbons (Fsp3) is 0.211. The van der Waals surface area contributed by atoms with Crippen LogP contribution in [0.3, 0.4) is 0 Å². The summed E-state index contributed by atoms with van der Waals surface area (Å²) in [6.07, 6.45) is -0.526. The zero-order valence-electron chi connectivity index (χ0n) is 13.7. The number of ether oxygens (including phenoxy) is 1. The van der Waals surface area contributed by atoms with Gasteiger partial charge in [0.05, 0.1) is 23.3 Å². The van der Waals surface area contributed by atoms with Gasteiger partial charge in [-0.1, -0.05) is 29.8 Å². The highest BCUT2D eigenvalue weighted by Crippen LogP contribution is 2.40. The number of hydrogen-bond donors (Lipinski definition) is 2. The van der Waals surface area contributed by atoms with Crippen LogP contribution in [0.15, 0.2) is 42.5 Å². The summed E-state index contributed by atoms with van der Waals surface area (Å²) >= 11 is 6.27. The average Bonchev–Trinajstić information content (AvgIpc) is 3.02. The van der Waals surface area contributed by atoms with Crippen molar-refractivity contribution < 1.29 is 19.0 Å². The van der Waals surface area contributed by atoms with E-state index in [1.165, 1.54) is 6.07 Å². The topological polar surface area (TPSA) is 63.5 Å². The van der Waals surface area contributed by atoms with Crippen molar-refractivity contribution in [1.29, 1.82) is 0 Å². The molecule has 26 heavy (non-hydrogen) atoms. The van der Waals surface area contributed by atoms with E-state index in [0.717, 1.165) is 0 Å².